The summed E-state index contributed by atoms with van der Waals surface area (Å²) in [7, 11) is 0. The predicted octanol–water partition coefficient (Wildman–Crippen LogP) is 5.32. The van der Waals surface area contributed by atoms with Gasteiger partial charge in [-0.1, -0.05) is 36.4 Å². The molecular weight excluding hydrogens is 398 g/mol. The number of benzene rings is 2. The number of nitrogens with one attached hydrogen (secondary N) is 1. The van der Waals surface area contributed by atoms with Crippen molar-refractivity contribution in [2.45, 2.75) is 0 Å². The molecule has 0 aliphatic heterocycles. The number of fused-ring (bicyclic) bond motifs is 1. The van der Waals surface area contributed by atoms with E-state index in [0.29, 0.717) is 0 Å². The molecule has 5 rings (SSSR count). The lowest BCUT2D eigenvalue weighted by molar-refractivity contribution is 0.102. The van der Waals surface area contributed by atoms with Gasteiger partial charge in [0.25, 0.3) is 5.91 Å². The molecule has 5 aromatic rings. The van der Waals surface area contributed by atoms with Gasteiger partial charge in [-0.15, -0.1) is 0 Å². The van der Waals surface area contributed by atoms with E-state index in [4.69, 9.17) is 0 Å². The van der Waals surface area contributed by atoms with E-state index in [1.54, 1.807) is 16.9 Å². The van der Waals surface area contributed by atoms with Gasteiger partial charge in [0.15, 0.2) is 5.69 Å². The fourth-order valence-electron chi connectivity index (χ4n) is 3.47. The molecule has 0 radical (unpaired) electrons. The summed E-state index contributed by atoms with van der Waals surface area (Å²) in [6.07, 6.45) is 3.68. The smallest absolute Gasteiger partial charge is 0.276 e. The summed E-state index contributed by atoms with van der Waals surface area (Å²) >= 11 is 0. The molecule has 3 heterocycles. The second-order valence-electron chi connectivity index (χ2n) is 7.03. The molecule has 1 N–H and O–H groups in total. The summed E-state index contributed by atoms with van der Waals surface area (Å²) in [6.45, 7) is 0. The molecule has 0 saturated heterocycles. The van der Waals surface area contributed by atoms with Crippen LogP contribution in [-0.4, -0.2) is 20.1 Å². The SMILES string of the molecule is O=C(Nc1cc(F)cc(F)c1)c1ccn(-c2ccc3ccc(-c4ccccc4)cn23)n1. The number of hydrogen-bond acceptors (Lipinski definition) is 2. The van der Waals surface area contributed by atoms with Crippen molar-refractivity contribution in [2.75, 3.05) is 5.32 Å². The highest BCUT2D eigenvalue weighted by Crippen LogP contribution is 2.23. The van der Waals surface area contributed by atoms with Crippen molar-refractivity contribution >= 4 is 17.1 Å². The van der Waals surface area contributed by atoms with Crippen LogP contribution in [0.15, 0.2) is 91.3 Å². The van der Waals surface area contributed by atoms with Gasteiger partial charge in [0.05, 0.1) is 0 Å². The van der Waals surface area contributed by atoms with Crippen molar-refractivity contribution in [1.82, 2.24) is 14.2 Å². The Kier molecular flexibility index (Phi) is 4.55. The lowest BCUT2D eigenvalue weighted by Gasteiger charge is -2.07. The van der Waals surface area contributed by atoms with E-state index in [0.717, 1.165) is 40.7 Å². The lowest BCUT2D eigenvalue weighted by atomic mass is 10.1. The number of carbonyl (C=O) groups is 1. The summed E-state index contributed by atoms with van der Waals surface area (Å²) in [4.78, 5) is 12.5. The zero-order valence-corrected chi connectivity index (χ0v) is 16.2. The van der Waals surface area contributed by atoms with Gasteiger partial charge in [-0.05, 0) is 47.5 Å². The molecule has 0 unspecified atom stereocenters. The van der Waals surface area contributed by atoms with Crippen molar-refractivity contribution in [1.29, 1.82) is 0 Å². The first kappa shape index (κ1) is 18.7. The van der Waals surface area contributed by atoms with Crippen LogP contribution >= 0.6 is 0 Å². The van der Waals surface area contributed by atoms with Crippen LogP contribution in [-0.2, 0) is 0 Å². The van der Waals surface area contributed by atoms with E-state index in [1.165, 1.54) is 0 Å². The normalized spacial score (nSPS) is 11.0. The van der Waals surface area contributed by atoms with Crippen LogP contribution < -0.4 is 5.32 Å². The third kappa shape index (κ3) is 3.69. The topological polar surface area (TPSA) is 51.3 Å². The summed E-state index contributed by atoms with van der Waals surface area (Å²) < 4.78 is 30.3. The second kappa shape index (κ2) is 7.53. The standard InChI is InChI=1S/C24H16F2N4O/c25-18-12-19(26)14-20(13-18)27-24(31)22-10-11-30(28-22)23-9-8-21-7-6-17(15-29(21)23)16-4-2-1-3-5-16/h1-15H,(H,27,31). The van der Waals surface area contributed by atoms with Crippen molar-refractivity contribution in [3.05, 3.63) is 109 Å². The molecule has 0 fully saturated rings. The minimum atomic E-state index is -0.769. The first-order valence-corrected chi connectivity index (χ1v) is 9.57. The maximum atomic E-state index is 13.4. The van der Waals surface area contributed by atoms with Gasteiger partial charge in [0, 0.05) is 29.7 Å². The quantitative estimate of drug-likeness (QED) is 0.433. The third-order valence-electron chi connectivity index (χ3n) is 4.91. The number of rotatable bonds is 4. The Morgan fingerprint density at radius 3 is 2.35 bits per heavy atom. The van der Waals surface area contributed by atoms with Crippen LogP contribution in [0.5, 0.6) is 0 Å². The Morgan fingerprint density at radius 1 is 0.839 bits per heavy atom. The molecule has 0 aliphatic carbocycles. The summed E-state index contributed by atoms with van der Waals surface area (Å²) in [5.74, 6) is -1.34. The number of carbonyl (C=O) groups excluding carboxylic acids is 1. The van der Waals surface area contributed by atoms with Crippen LogP contribution in [0.1, 0.15) is 10.5 Å². The third-order valence-corrected chi connectivity index (χ3v) is 4.91. The van der Waals surface area contributed by atoms with E-state index < -0.39 is 17.5 Å². The molecule has 0 spiro atoms. The van der Waals surface area contributed by atoms with Crippen molar-refractivity contribution in [2.24, 2.45) is 0 Å². The van der Waals surface area contributed by atoms with Gasteiger partial charge < -0.3 is 9.72 Å². The highest BCUT2D eigenvalue weighted by atomic mass is 19.1. The largest absolute Gasteiger partial charge is 0.320 e. The Balaban J connectivity index is 1.45. The van der Waals surface area contributed by atoms with Crippen molar-refractivity contribution in [3.63, 3.8) is 0 Å². The number of anilines is 1. The van der Waals surface area contributed by atoms with Crippen molar-refractivity contribution in [3.8, 4) is 16.9 Å². The molecule has 0 atom stereocenters. The molecule has 2 aromatic carbocycles. The fourth-order valence-corrected chi connectivity index (χ4v) is 3.47. The molecule has 5 nitrogen and oxygen atoms in total. The predicted molar refractivity (Wildman–Crippen MR) is 114 cm³/mol. The average Bonchev–Trinajstić information content (AvgIpc) is 3.40. The van der Waals surface area contributed by atoms with E-state index in [-0.39, 0.29) is 11.4 Å². The summed E-state index contributed by atoms with van der Waals surface area (Å²) in [5.41, 5.74) is 3.26. The van der Waals surface area contributed by atoms with Crippen molar-refractivity contribution < 1.29 is 13.6 Å². The minimum absolute atomic E-state index is 0.0256. The Morgan fingerprint density at radius 2 is 1.58 bits per heavy atom. The van der Waals surface area contributed by atoms with Crippen LogP contribution in [0.4, 0.5) is 14.5 Å². The van der Waals surface area contributed by atoms with Gasteiger partial charge in [-0.2, -0.15) is 5.10 Å². The molecule has 152 valence electrons. The number of amides is 1. The lowest BCUT2D eigenvalue weighted by Crippen LogP contribution is -2.13. The zero-order chi connectivity index (χ0) is 21.4. The number of aromatic nitrogens is 3. The highest BCUT2D eigenvalue weighted by Gasteiger charge is 2.13. The van der Waals surface area contributed by atoms with Crippen LogP contribution in [0.25, 0.3) is 22.5 Å². The van der Waals surface area contributed by atoms with E-state index in [1.807, 2.05) is 59.1 Å². The highest BCUT2D eigenvalue weighted by molar-refractivity contribution is 6.02. The zero-order valence-electron chi connectivity index (χ0n) is 16.2. The summed E-state index contributed by atoms with van der Waals surface area (Å²) in [6, 6.07) is 22.3. The average molecular weight is 414 g/mol. The maximum Gasteiger partial charge on any atom is 0.276 e. The monoisotopic (exact) mass is 414 g/mol. The molecule has 3 aromatic heterocycles. The van der Waals surface area contributed by atoms with Gasteiger partial charge in [0.1, 0.15) is 17.5 Å². The van der Waals surface area contributed by atoms with Gasteiger partial charge in [-0.3, -0.25) is 4.79 Å². The van der Waals surface area contributed by atoms with Crippen LogP contribution in [0, 0.1) is 11.6 Å². The van der Waals surface area contributed by atoms with Gasteiger partial charge >= 0.3 is 0 Å². The first-order chi connectivity index (χ1) is 15.1. The van der Waals surface area contributed by atoms with E-state index >= 15 is 0 Å². The molecule has 0 bridgehead atoms. The number of halogens is 2. The Labute approximate surface area is 176 Å². The fraction of sp³-hybridized carbons (Fsp3) is 0. The molecule has 0 saturated carbocycles. The maximum absolute atomic E-state index is 13.4. The molecule has 0 aliphatic rings. The number of nitrogens with zero attached hydrogens (tertiary/aromatic N) is 3. The second-order valence-corrected chi connectivity index (χ2v) is 7.03. The molecule has 31 heavy (non-hydrogen) atoms. The number of hydrogen-bond donors (Lipinski definition) is 1. The first-order valence-electron chi connectivity index (χ1n) is 9.57. The van der Waals surface area contributed by atoms with Crippen LogP contribution in [0.2, 0.25) is 0 Å². The summed E-state index contributed by atoms with van der Waals surface area (Å²) in [5, 5.41) is 6.81. The minimum Gasteiger partial charge on any atom is -0.320 e. The molecular formula is C24H16F2N4O. The number of pyridine rings is 1. The van der Waals surface area contributed by atoms with E-state index in [9.17, 15) is 13.6 Å². The van der Waals surface area contributed by atoms with E-state index in [2.05, 4.69) is 16.5 Å². The Bertz CT molecular complexity index is 1390. The van der Waals surface area contributed by atoms with Gasteiger partial charge in [-0.25, -0.2) is 13.5 Å². The Hall–Kier alpha value is -4.26. The molecule has 7 heteroatoms. The van der Waals surface area contributed by atoms with Crippen LogP contribution in [0.3, 0.4) is 0 Å². The molecule has 1 amide bonds. The van der Waals surface area contributed by atoms with Gasteiger partial charge in [0.2, 0.25) is 0 Å².